The van der Waals surface area contributed by atoms with Gasteiger partial charge in [0.25, 0.3) is 5.91 Å². The van der Waals surface area contributed by atoms with Crippen molar-refractivity contribution in [2.24, 2.45) is 5.73 Å². The van der Waals surface area contributed by atoms with Crippen molar-refractivity contribution >= 4 is 17.5 Å². The average molecular weight is 590 g/mol. The van der Waals surface area contributed by atoms with Crippen LogP contribution in [0.1, 0.15) is 50.5 Å². The first-order chi connectivity index (χ1) is 20.6. The van der Waals surface area contributed by atoms with Crippen LogP contribution in [0.25, 0.3) is 16.8 Å². The Balaban J connectivity index is 1.31. The van der Waals surface area contributed by atoms with Gasteiger partial charge in [-0.1, -0.05) is 42.5 Å². The molecule has 0 radical (unpaired) electrons. The van der Waals surface area contributed by atoms with E-state index in [1.165, 1.54) is 29.2 Å². The van der Waals surface area contributed by atoms with Gasteiger partial charge in [0, 0.05) is 43.0 Å². The van der Waals surface area contributed by atoms with Crippen LogP contribution in [0.15, 0.2) is 72.8 Å². The van der Waals surface area contributed by atoms with Crippen LogP contribution < -0.4 is 10.6 Å². The van der Waals surface area contributed by atoms with Gasteiger partial charge >= 0.3 is 6.18 Å². The van der Waals surface area contributed by atoms with Gasteiger partial charge in [-0.3, -0.25) is 14.5 Å². The first-order valence-electron chi connectivity index (χ1n) is 14.1. The van der Waals surface area contributed by atoms with E-state index in [1.54, 1.807) is 12.1 Å². The molecule has 3 aromatic carbocycles. The third-order valence-corrected chi connectivity index (χ3v) is 8.12. The van der Waals surface area contributed by atoms with Crippen LogP contribution in [-0.4, -0.2) is 57.3 Å². The van der Waals surface area contributed by atoms with Crippen molar-refractivity contribution in [1.82, 2.24) is 14.7 Å². The van der Waals surface area contributed by atoms with Crippen LogP contribution >= 0.6 is 0 Å². The number of piperidine rings is 1. The number of aliphatic hydroxyl groups excluding tert-OH is 1. The molecule has 1 fully saturated rings. The van der Waals surface area contributed by atoms with Gasteiger partial charge in [-0.05, 0) is 66.3 Å². The first kappa shape index (κ1) is 28.6. The van der Waals surface area contributed by atoms with Gasteiger partial charge < -0.3 is 15.7 Å². The SMILES string of the molecule is NC(=O)c1cccc(-n2nc(C(F)(F)F)c3c2C(=O)N(c2ccc(-c4ccccc4CN4CCC(O)CC4)cc2)CC3)c1. The van der Waals surface area contributed by atoms with Crippen LogP contribution in [0.2, 0.25) is 0 Å². The quantitative estimate of drug-likeness (QED) is 0.336. The predicted octanol–water partition coefficient (Wildman–Crippen LogP) is 4.82. The molecule has 0 spiro atoms. The molecule has 43 heavy (non-hydrogen) atoms. The maximum atomic E-state index is 14.0. The smallest absolute Gasteiger partial charge is 0.393 e. The minimum absolute atomic E-state index is 0.0411. The monoisotopic (exact) mass is 589 g/mol. The van der Waals surface area contributed by atoms with Gasteiger partial charge in [0.2, 0.25) is 5.91 Å². The Kier molecular flexibility index (Phi) is 7.53. The summed E-state index contributed by atoms with van der Waals surface area (Å²) in [5.74, 6) is -1.36. The first-order valence-corrected chi connectivity index (χ1v) is 14.1. The highest BCUT2D eigenvalue weighted by atomic mass is 19.4. The molecule has 4 aromatic rings. The number of amides is 2. The zero-order valence-corrected chi connectivity index (χ0v) is 23.2. The van der Waals surface area contributed by atoms with Gasteiger partial charge in [-0.15, -0.1) is 0 Å². The lowest BCUT2D eigenvalue weighted by atomic mass is 9.97. The Morgan fingerprint density at radius 1 is 0.953 bits per heavy atom. The Hall–Kier alpha value is -4.48. The molecule has 222 valence electrons. The number of halogens is 3. The minimum atomic E-state index is -4.76. The Morgan fingerprint density at radius 2 is 1.67 bits per heavy atom. The van der Waals surface area contributed by atoms with Crippen molar-refractivity contribution in [3.63, 3.8) is 0 Å². The summed E-state index contributed by atoms with van der Waals surface area (Å²) in [7, 11) is 0. The molecular formula is C32H30F3N5O3. The summed E-state index contributed by atoms with van der Waals surface area (Å²) in [4.78, 5) is 29.3. The molecule has 1 aromatic heterocycles. The number of likely N-dealkylation sites (tertiary alicyclic amines) is 1. The molecule has 2 amide bonds. The standard InChI is InChI=1S/C32H30F3N5O3/c33-32(34,35)29-27-14-17-39(31(43)28(27)40(37-29)24-6-3-5-21(18-24)30(36)42)23-10-8-20(9-11-23)26-7-2-1-4-22(26)19-38-15-12-25(41)13-16-38/h1-11,18,25,41H,12-17,19H2,(H2,36,42). The molecule has 8 nitrogen and oxygen atoms in total. The number of aliphatic hydroxyl groups is 1. The zero-order valence-electron chi connectivity index (χ0n) is 23.2. The van der Waals surface area contributed by atoms with Crippen LogP contribution in [0.4, 0.5) is 18.9 Å². The molecule has 1 saturated heterocycles. The van der Waals surface area contributed by atoms with Crippen LogP contribution in [0.5, 0.6) is 0 Å². The normalized spacial score (nSPS) is 16.4. The maximum Gasteiger partial charge on any atom is 0.435 e. The number of nitrogens with two attached hydrogens (primary N) is 1. The molecule has 3 heterocycles. The van der Waals surface area contributed by atoms with Crippen molar-refractivity contribution in [3.8, 4) is 16.8 Å². The van der Waals surface area contributed by atoms with E-state index in [1.807, 2.05) is 30.3 Å². The molecule has 0 unspecified atom stereocenters. The molecule has 6 rings (SSSR count). The summed E-state index contributed by atoms with van der Waals surface area (Å²) in [5.41, 5.74) is 7.82. The number of fused-ring (bicyclic) bond motifs is 1. The molecule has 3 N–H and O–H groups in total. The fourth-order valence-electron chi connectivity index (χ4n) is 5.89. The third-order valence-electron chi connectivity index (χ3n) is 8.12. The zero-order chi connectivity index (χ0) is 30.3. The van der Waals surface area contributed by atoms with Gasteiger partial charge in [0.1, 0.15) is 5.69 Å². The fraction of sp³-hybridized carbons (Fsp3) is 0.281. The molecule has 0 bridgehead atoms. The topological polar surface area (TPSA) is 105 Å². The van der Waals surface area contributed by atoms with Crippen molar-refractivity contribution in [2.45, 2.75) is 38.1 Å². The molecule has 0 aliphatic carbocycles. The summed E-state index contributed by atoms with van der Waals surface area (Å²) < 4.78 is 42.9. The number of rotatable bonds is 6. The summed E-state index contributed by atoms with van der Waals surface area (Å²) in [6, 6.07) is 21.2. The summed E-state index contributed by atoms with van der Waals surface area (Å²) >= 11 is 0. The Bertz CT molecular complexity index is 1670. The molecule has 2 aliphatic rings. The second-order valence-electron chi connectivity index (χ2n) is 10.9. The van der Waals surface area contributed by atoms with E-state index < -0.39 is 23.7 Å². The number of hydrogen-bond acceptors (Lipinski definition) is 5. The summed E-state index contributed by atoms with van der Waals surface area (Å²) in [6.07, 6.45) is -3.54. The van der Waals surface area contributed by atoms with E-state index >= 15 is 0 Å². The van der Waals surface area contributed by atoms with Crippen molar-refractivity contribution in [3.05, 3.63) is 101 Å². The summed E-state index contributed by atoms with van der Waals surface area (Å²) in [5, 5.41) is 13.6. The van der Waals surface area contributed by atoms with Crippen LogP contribution in [0, 0.1) is 0 Å². The lowest BCUT2D eigenvalue weighted by Crippen LogP contribution is -2.39. The highest BCUT2D eigenvalue weighted by molar-refractivity contribution is 6.07. The molecule has 11 heteroatoms. The van der Waals surface area contributed by atoms with Crippen LogP contribution in [0.3, 0.4) is 0 Å². The number of carbonyl (C=O) groups is 2. The van der Waals surface area contributed by atoms with E-state index in [2.05, 4.69) is 16.1 Å². The lowest BCUT2D eigenvalue weighted by molar-refractivity contribution is -0.141. The largest absolute Gasteiger partial charge is 0.435 e. The van der Waals surface area contributed by atoms with Crippen molar-refractivity contribution in [2.75, 3.05) is 24.5 Å². The maximum absolute atomic E-state index is 14.0. The third kappa shape index (κ3) is 5.65. The minimum Gasteiger partial charge on any atom is -0.393 e. The Morgan fingerprint density at radius 3 is 2.37 bits per heavy atom. The van der Waals surface area contributed by atoms with Gasteiger partial charge in [0.05, 0.1) is 11.8 Å². The fourth-order valence-corrected chi connectivity index (χ4v) is 5.89. The van der Waals surface area contributed by atoms with E-state index in [4.69, 9.17) is 5.73 Å². The second kappa shape index (κ2) is 11.3. The van der Waals surface area contributed by atoms with Gasteiger partial charge in [0.15, 0.2) is 5.69 Å². The van der Waals surface area contributed by atoms with E-state index in [0.29, 0.717) is 5.69 Å². The predicted molar refractivity (Wildman–Crippen MR) is 155 cm³/mol. The highest BCUT2D eigenvalue weighted by Gasteiger charge is 2.43. The van der Waals surface area contributed by atoms with Crippen LogP contribution in [-0.2, 0) is 19.1 Å². The number of hydrogen-bond donors (Lipinski definition) is 2. The number of anilines is 1. The number of primary amides is 1. The number of aromatic nitrogens is 2. The van der Waals surface area contributed by atoms with Crippen molar-refractivity contribution < 1.29 is 27.9 Å². The second-order valence-corrected chi connectivity index (χ2v) is 10.9. The van der Waals surface area contributed by atoms with E-state index in [9.17, 15) is 27.9 Å². The van der Waals surface area contributed by atoms with E-state index in [-0.39, 0.29) is 41.6 Å². The van der Waals surface area contributed by atoms with E-state index in [0.717, 1.165) is 53.8 Å². The molecule has 2 aliphatic heterocycles. The average Bonchev–Trinajstić information content (AvgIpc) is 3.41. The number of nitrogens with zero attached hydrogens (tertiary/aromatic N) is 4. The van der Waals surface area contributed by atoms with Gasteiger partial charge in [-0.25, -0.2) is 4.68 Å². The highest BCUT2D eigenvalue weighted by Crippen LogP contribution is 2.37. The van der Waals surface area contributed by atoms with Gasteiger partial charge in [-0.2, -0.15) is 18.3 Å². The molecule has 0 saturated carbocycles. The summed E-state index contributed by atoms with van der Waals surface area (Å²) in [6.45, 7) is 2.46. The number of alkyl halides is 3. The molecule has 0 atom stereocenters. The Labute approximate surface area is 246 Å². The lowest BCUT2D eigenvalue weighted by Gasteiger charge is -2.30. The number of benzene rings is 3. The van der Waals surface area contributed by atoms with Crippen molar-refractivity contribution in [1.29, 1.82) is 0 Å². The molecular weight excluding hydrogens is 559 g/mol. The number of carbonyl (C=O) groups excluding carboxylic acids is 2.